The van der Waals surface area contributed by atoms with E-state index in [2.05, 4.69) is 5.32 Å². The highest BCUT2D eigenvalue weighted by Gasteiger charge is 2.19. The van der Waals surface area contributed by atoms with Gasteiger partial charge in [0.25, 0.3) is 5.91 Å². The molecule has 108 valence electrons. The minimum absolute atomic E-state index is 0.166. The Labute approximate surface area is 123 Å². The third-order valence-corrected chi connectivity index (χ3v) is 3.57. The fraction of sp³-hybridized carbons (Fsp3) is 0.235. The number of aliphatic hydroxyl groups is 1. The van der Waals surface area contributed by atoms with Gasteiger partial charge < -0.3 is 15.2 Å². The van der Waals surface area contributed by atoms with Gasteiger partial charge in [0.1, 0.15) is 18.5 Å². The molecular weight excluding hydrogens is 266 g/mol. The summed E-state index contributed by atoms with van der Waals surface area (Å²) in [6.45, 7) is 2.93. The van der Waals surface area contributed by atoms with E-state index in [9.17, 15) is 9.90 Å². The molecule has 0 saturated carbocycles. The summed E-state index contributed by atoms with van der Waals surface area (Å²) in [4.78, 5) is 12.0. The number of nitrogens with one attached hydrogen (secondary N) is 1. The van der Waals surface area contributed by atoms with Crippen molar-refractivity contribution in [1.82, 2.24) is 5.32 Å². The molecule has 0 bridgehead atoms. The molecule has 21 heavy (non-hydrogen) atoms. The normalized spacial score (nSPS) is 15.4. The Kier molecular flexibility index (Phi) is 3.62. The van der Waals surface area contributed by atoms with Crippen molar-refractivity contribution in [2.75, 3.05) is 13.2 Å². The quantitative estimate of drug-likeness (QED) is 0.888. The molecule has 0 spiro atoms. The molecule has 1 aliphatic rings. The van der Waals surface area contributed by atoms with Gasteiger partial charge in [-0.1, -0.05) is 35.9 Å². The van der Waals surface area contributed by atoms with Gasteiger partial charge in [-0.15, -0.1) is 0 Å². The highest BCUT2D eigenvalue weighted by molar-refractivity contribution is 5.97. The number of rotatable bonds is 2. The molecule has 0 aliphatic carbocycles. The summed E-state index contributed by atoms with van der Waals surface area (Å²) >= 11 is 0. The standard InChI is InChI=1S/C17H17NO3/c1-11-3-2-4-12(9-11)16(19)13-5-6-15-14(10-13)17(20)18-7-8-21-15/h2-6,9-10,16,19H,7-8H2,1H3,(H,18,20). The van der Waals surface area contributed by atoms with E-state index in [-0.39, 0.29) is 5.91 Å². The number of carbonyl (C=O) groups is 1. The maximum Gasteiger partial charge on any atom is 0.255 e. The first-order valence-corrected chi connectivity index (χ1v) is 6.95. The molecule has 0 fully saturated rings. The van der Waals surface area contributed by atoms with Gasteiger partial charge in [0.15, 0.2) is 0 Å². The number of fused-ring (bicyclic) bond motifs is 1. The Morgan fingerprint density at radius 3 is 2.81 bits per heavy atom. The van der Waals surface area contributed by atoms with Crippen molar-refractivity contribution in [3.05, 3.63) is 64.7 Å². The van der Waals surface area contributed by atoms with E-state index in [0.29, 0.717) is 30.0 Å². The van der Waals surface area contributed by atoms with Crippen LogP contribution in [0.4, 0.5) is 0 Å². The molecule has 2 aromatic carbocycles. The van der Waals surface area contributed by atoms with Crippen LogP contribution in [-0.4, -0.2) is 24.2 Å². The molecule has 3 rings (SSSR count). The summed E-state index contributed by atoms with van der Waals surface area (Å²) in [6, 6.07) is 12.9. The number of hydrogen-bond acceptors (Lipinski definition) is 3. The maximum atomic E-state index is 12.0. The van der Waals surface area contributed by atoms with Crippen LogP contribution in [-0.2, 0) is 0 Å². The molecule has 0 saturated heterocycles. The average molecular weight is 283 g/mol. The molecule has 0 aromatic heterocycles. The van der Waals surface area contributed by atoms with E-state index in [1.165, 1.54) is 0 Å². The first kappa shape index (κ1) is 13.6. The topological polar surface area (TPSA) is 58.6 Å². The summed E-state index contributed by atoms with van der Waals surface area (Å²) in [6.07, 6.45) is -0.758. The zero-order chi connectivity index (χ0) is 14.8. The second kappa shape index (κ2) is 5.58. The highest BCUT2D eigenvalue weighted by Crippen LogP contribution is 2.28. The van der Waals surface area contributed by atoms with Crippen LogP contribution in [0.5, 0.6) is 5.75 Å². The zero-order valence-corrected chi connectivity index (χ0v) is 11.8. The van der Waals surface area contributed by atoms with E-state index in [4.69, 9.17) is 4.74 Å². The number of aryl methyl sites for hydroxylation is 1. The second-order valence-corrected chi connectivity index (χ2v) is 5.18. The molecule has 1 aliphatic heterocycles. The van der Waals surface area contributed by atoms with Crippen LogP contribution in [0.15, 0.2) is 42.5 Å². The van der Waals surface area contributed by atoms with Gasteiger partial charge in [-0.2, -0.15) is 0 Å². The predicted octanol–water partition coefficient (Wildman–Crippen LogP) is 2.20. The third-order valence-electron chi connectivity index (χ3n) is 3.57. The average Bonchev–Trinajstić information content (AvgIpc) is 2.68. The lowest BCUT2D eigenvalue weighted by molar-refractivity contribution is 0.0957. The Hall–Kier alpha value is -2.33. The van der Waals surface area contributed by atoms with Gasteiger partial charge in [-0.25, -0.2) is 0 Å². The summed E-state index contributed by atoms with van der Waals surface area (Å²) in [7, 11) is 0. The first-order chi connectivity index (χ1) is 10.1. The molecule has 4 nitrogen and oxygen atoms in total. The van der Waals surface area contributed by atoms with Crippen LogP contribution in [0.2, 0.25) is 0 Å². The van der Waals surface area contributed by atoms with E-state index >= 15 is 0 Å². The second-order valence-electron chi connectivity index (χ2n) is 5.18. The lowest BCUT2D eigenvalue weighted by Gasteiger charge is -2.14. The van der Waals surface area contributed by atoms with Gasteiger partial charge in [0, 0.05) is 0 Å². The molecule has 2 N–H and O–H groups in total. The van der Waals surface area contributed by atoms with E-state index in [0.717, 1.165) is 11.1 Å². The fourth-order valence-electron chi connectivity index (χ4n) is 2.47. The van der Waals surface area contributed by atoms with Gasteiger partial charge >= 0.3 is 0 Å². The van der Waals surface area contributed by atoms with Gasteiger partial charge in [-0.3, -0.25) is 4.79 Å². The summed E-state index contributed by atoms with van der Waals surface area (Å²) in [5, 5.41) is 13.3. The molecule has 1 unspecified atom stereocenters. The molecule has 1 amide bonds. The predicted molar refractivity (Wildman–Crippen MR) is 79.5 cm³/mol. The van der Waals surface area contributed by atoms with Gasteiger partial charge in [-0.05, 0) is 30.2 Å². The molecule has 1 heterocycles. The zero-order valence-electron chi connectivity index (χ0n) is 11.8. The molecule has 4 heteroatoms. The van der Waals surface area contributed by atoms with Gasteiger partial charge in [0.05, 0.1) is 12.1 Å². The molecule has 0 radical (unpaired) electrons. The van der Waals surface area contributed by atoms with Crippen molar-refractivity contribution in [3.63, 3.8) is 0 Å². The van der Waals surface area contributed by atoms with Gasteiger partial charge in [0.2, 0.25) is 0 Å². The van der Waals surface area contributed by atoms with Crippen molar-refractivity contribution in [2.24, 2.45) is 0 Å². The number of aliphatic hydroxyl groups excluding tert-OH is 1. The molecule has 1 atom stereocenters. The Morgan fingerprint density at radius 2 is 2.00 bits per heavy atom. The molecule has 2 aromatic rings. The summed E-state index contributed by atoms with van der Waals surface area (Å²) in [5.74, 6) is 0.394. The number of amides is 1. The van der Waals surface area contributed by atoms with Crippen molar-refractivity contribution in [1.29, 1.82) is 0 Å². The number of hydrogen-bond donors (Lipinski definition) is 2. The lowest BCUT2D eigenvalue weighted by Crippen LogP contribution is -2.24. The SMILES string of the molecule is Cc1cccc(C(O)c2ccc3c(c2)C(=O)NCCO3)c1. The largest absolute Gasteiger partial charge is 0.491 e. The van der Waals surface area contributed by atoms with Crippen LogP contribution in [0.3, 0.4) is 0 Å². The minimum atomic E-state index is -0.758. The smallest absolute Gasteiger partial charge is 0.255 e. The van der Waals surface area contributed by atoms with E-state index in [1.54, 1.807) is 18.2 Å². The number of ether oxygens (including phenoxy) is 1. The monoisotopic (exact) mass is 283 g/mol. The third kappa shape index (κ3) is 2.76. The van der Waals surface area contributed by atoms with Crippen LogP contribution >= 0.6 is 0 Å². The highest BCUT2D eigenvalue weighted by atomic mass is 16.5. The van der Waals surface area contributed by atoms with E-state index in [1.807, 2.05) is 31.2 Å². The van der Waals surface area contributed by atoms with Crippen molar-refractivity contribution < 1.29 is 14.6 Å². The Bertz CT molecular complexity index is 681. The first-order valence-electron chi connectivity index (χ1n) is 6.95. The fourth-order valence-corrected chi connectivity index (χ4v) is 2.47. The Balaban J connectivity index is 1.98. The van der Waals surface area contributed by atoms with Crippen molar-refractivity contribution in [3.8, 4) is 5.75 Å². The lowest BCUT2D eigenvalue weighted by atomic mass is 9.98. The Morgan fingerprint density at radius 1 is 1.19 bits per heavy atom. The summed E-state index contributed by atoms with van der Waals surface area (Å²) in [5.41, 5.74) is 3.05. The maximum absolute atomic E-state index is 12.0. The van der Waals surface area contributed by atoms with Crippen molar-refractivity contribution in [2.45, 2.75) is 13.0 Å². The van der Waals surface area contributed by atoms with Crippen LogP contribution in [0.1, 0.15) is 33.2 Å². The number of carbonyl (C=O) groups excluding carboxylic acids is 1. The van der Waals surface area contributed by atoms with Crippen LogP contribution in [0, 0.1) is 6.92 Å². The minimum Gasteiger partial charge on any atom is -0.491 e. The molecular formula is C17H17NO3. The van der Waals surface area contributed by atoms with Crippen LogP contribution in [0.25, 0.3) is 0 Å². The number of benzene rings is 2. The van der Waals surface area contributed by atoms with E-state index < -0.39 is 6.10 Å². The summed E-state index contributed by atoms with van der Waals surface area (Å²) < 4.78 is 5.51. The van der Waals surface area contributed by atoms with Crippen molar-refractivity contribution >= 4 is 5.91 Å². The van der Waals surface area contributed by atoms with Crippen LogP contribution < -0.4 is 10.1 Å².